The molecule has 1 aromatic heterocycles. The molecule has 1 saturated heterocycles. The first kappa shape index (κ1) is 18.5. The monoisotopic (exact) mass is 332 g/mol. The number of nitrogens with one attached hydrogen (secondary N) is 1. The van der Waals surface area contributed by atoms with Crippen LogP contribution in [0.2, 0.25) is 0 Å². The summed E-state index contributed by atoms with van der Waals surface area (Å²) >= 11 is 0. The van der Waals surface area contributed by atoms with E-state index in [-0.39, 0.29) is 29.1 Å². The van der Waals surface area contributed by atoms with Gasteiger partial charge in [-0.25, -0.2) is 0 Å². The maximum atomic E-state index is 12.9. The average molecular weight is 332 g/mol. The molecule has 0 aliphatic carbocycles. The highest BCUT2D eigenvalue weighted by Gasteiger charge is 2.37. The van der Waals surface area contributed by atoms with Crippen molar-refractivity contribution in [2.24, 2.45) is 5.41 Å². The van der Waals surface area contributed by atoms with Gasteiger partial charge in [0.2, 0.25) is 0 Å². The lowest BCUT2D eigenvalue weighted by Crippen LogP contribution is -2.49. The maximum Gasteiger partial charge on any atom is 0.261 e. The Balaban J connectivity index is 2.27. The van der Waals surface area contributed by atoms with Crippen molar-refractivity contribution < 1.29 is 9.90 Å². The zero-order valence-corrected chi connectivity index (χ0v) is 15.1. The highest BCUT2D eigenvalue weighted by Crippen LogP contribution is 2.34. The molecule has 2 N–H and O–H groups in total. The van der Waals surface area contributed by atoms with Crippen molar-refractivity contribution in [3.05, 3.63) is 44.9 Å². The molecule has 1 aliphatic rings. The predicted molar refractivity (Wildman–Crippen MR) is 95.2 cm³/mol. The number of nitrogens with zero attached hydrogens (tertiary/aromatic N) is 1. The Morgan fingerprint density at radius 2 is 2.12 bits per heavy atom. The second kappa shape index (κ2) is 7.34. The van der Waals surface area contributed by atoms with Crippen molar-refractivity contribution in [3.63, 3.8) is 0 Å². The first-order valence-electron chi connectivity index (χ1n) is 8.52. The lowest BCUT2D eigenvalue weighted by atomic mass is 9.77. The van der Waals surface area contributed by atoms with E-state index in [1.807, 2.05) is 19.9 Å². The molecule has 0 radical (unpaired) electrons. The minimum Gasteiger partial charge on any atom is -0.396 e. The van der Waals surface area contributed by atoms with Crippen LogP contribution in [-0.2, 0) is 0 Å². The van der Waals surface area contributed by atoms with Gasteiger partial charge in [-0.2, -0.15) is 0 Å². The molecule has 1 fully saturated rings. The number of aromatic amines is 1. The summed E-state index contributed by atoms with van der Waals surface area (Å²) in [6.07, 6.45) is 4.60. The zero-order chi connectivity index (χ0) is 17.9. The SMILES string of the molecule is CC(C)=CCC1(CO)CCCN(C(=O)c2c(C)cc(C)[nH]c2=O)C1. The van der Waals surface area contributed by atoms with Crippen LogP contribution in [0.1, 0.15) is 54.7 Å². The van der Waals surface area contributed by atoms with Gasteiger partial charge in [0.1, 0.15) is 5.56 Å². The molecule has 0 aromatic carbocycles. The first-order chi connectivity index (χ1) is 11.3. The summed E-state index contributed by atoms with van der Waals surface area (Å²) < 4.78 is 0. The topological polar surface area (TPSA) is 73.4 Å². The molecule has 0 bridgehead atoms. The van der Waals surface area contributed by atoms with Crippen LogP contribution in [0.4, 0.5) is 0 Å². The normalized spacial score (nSPS) is 20.8. The molecule has 1 unspecified atom stereocenters. The molecule has 24 heavy (non-hydrogen) atoms. The van der Waals surface area contributed by atoms with Crippen molar-refractivity contribution in [1.29, 1.82) is 0 Å². The lowest BCUT2D eigenvalue weighted by molar-refractivity contribution is 0.0282. The minimum atomic E-state index is -0.332. The van der Waals surface area contributed by atoms with Crippen LogP contribution in [0.3, 0.4) is 0 Å². The van der Waals surface area contributed by atoms with E-state index in [1.54, 1.807) is 18.7 Å². The van der Waals surface area contributed by atoms with Crippen LogP contribution < -0.4 is 5.56 Å². The van der Waals surface area contributed by atoms with E-state index < -0.39 is 0 Å². The van der Waals surface area contributed by atoms with Gasteiger partial charge in [-0.05, 0) is 58.6 Å². The molecule has 2 heterocycles. The van der Waals surface area contributed by atoms with E-state index in [0.29, 0.717) is 18.7 Å². The number of H-pyrrole nitrogens is 1. The number of rotatable bonds is 4. The largest absolute Gasteiger partial charge is 0.396 e. The fourth-order valence-corrected chi connectivity index (χ4v) is 3.44. The Hall–Kier alpha value is -1.88. The standard InChI is InChI=1S/C19H28N2O3/c1-13(2)6-8-19(12-22)7-5-9-21(11-19)18(24)16-14(3)10-15(4)20-17(16)23/h6,10,22H,5,7-9,11-12H2,1-4H3,(H,20,23). The van der Waals surface area contributed by atoms with Gasteiger partial charge in [-0.15, -0.1) is 0 Å². The molecular formula is C19H28N2O3. The van der Waals surface area contributed by atoms with Crippen LogP contribution in [-0.4, -0.2) is 40.6 Å². The third-order valence-corrected chi connectivity index (χ3v) is 4.81. The number of allylic oxidation sites excluding steroid dienone is 2. The molecule has 0 saturated carbocycles. The third kappa shape index (κ3) is 3.96. The number of piperidine rings is 1. The van der Waals surface area contributed by atoms with Gasteiger partial charge in [0.15, 0.2) is 0 Å². The molecule has 1 amide bonds. The highest BCUT2D eigenvalue weighted by atomic mass is 16.3. The first-order valence-corrected chi connectivity index (χ1v) is 8.52. The summed E-state index contributed by atoms with van der Waals surface area (Å²) in [7, 11) is 0. The van der Waals surface area contributed by atoms with Gasteiger partial charge >= 0.3 is 0 Å². The third-order valence-electron chi connectivity index (χ3n) is 4.81. The Morgan fingerprint density at radius 1 is 1.42 bits per heavy atom. The van der Waals surface area contributed by atoms with Crippen LogP contribution in [0.15, 0.2) is 22.5 Å². The Kier molecular flexibility index (Phi) is 5.65. The number of amides is 1. The second-order valence-electron chi connectivity index (χ2n) is 7.31. The Bertz CT molecular complexity index is 701. The number of aliphatic hydroxyl groups is 1. The molecule has 2 rings (SSSR count). The lowest BCUT2D eigenvalue weighted by Gasteiger charge is -2.41. The van der Waals surface area contributed by atoms with Gasteiger partial charge in [-0.3, -0.25) is 9.59 Å². The van der Waals surface area contributed by atoms with E-state index >= 15 is 0 Å². The summed E-state index contributed by atoms with van der Waals surface area (Å²) in [5.74, 6) is -0.233. The number of aryl methyl sites for hydroxylation is 2. The number of pyridine rings is 1. The van der Waals surface area contributed by atoms with Crippen molar-refractivity contribution in [2.75, 3.05) is 19.7 Å². The average Bonchev–Trinajstić information content (AvgIpc) is 2.52. The predicted octanol–water partition coefficient (Wildman–Crippen LogP) is 2.56. The minimum absolute atomic E-state index is 0.0454. The van der Waals surface area contributed by atoms with Gasteiger partial charge in [-0.1, -0.05) is 11.6 Å². The molecule has 5 heteroatoms. The molecule has 1 aromatic rings. The molecule has 132 valence electrons. The zero-order valence-electron chi connectivity index (χ0n) is 15.1. The number of aliphatic hydroxyl groups excluding tert-OH is 1. The quantitative estimate of drug-likeness (QED) is 0.832. The Labute approximate surface area is 143 Å². The summed E-state index contributed by atoms with van der Waals surface area (Å²) in [5, 5.41) is 9.93. The van der Waals surface area contributed by atoms with Crippen molar-refractivity contribution in [2.45, 2.75) is 47.0 Å². The molecule has 0 spiro atoms. The van der Waals surface area contributed by atoms with Crippen LogP contribution in [0.25, 0.3) is 0 Å². The van der Waals surface area contributed by atoms with Crippen LogP contribution >= 0.6 is 0 Å². The Morgan fingerprint density at radius 3 is 2.71 bits per heavy atom. The van der Waals surface area contributed by atoms with Gasteiger partial charge in [0.25, 0.3) is 11.5 Å². The van der Waals surface area contributed by atoms with Crippen molar-refractivity contribution in [1.82, 2.24) is 9.88 Å². The highest BCUT2D eigenvalue weighted by molar-refractivity contribution is 5.95. The van der Waals surface area contributed by atoms with E-state index in [4.69, 9.17) is 0 Å². The van der Waals surface area contributed by atoms with Crippen molar-refractivity contribution in [3.8, 4) is 0 Å². The smallest absolute Gasteiger partial charge is 0.261 e. The number of hydrogen-bond acceptors (Lipinski definition) is 3. The molecule has 5 nitrogen and oxygen atoms in total. The van der Waals surface area contributed by atoms with Gasteiger partial charge < -0.3 is 15.0 Å². The number of carbonyl (C=O) groups excluding carboxylic acids is 1. The molecule has 1 atom stereocenters. The summed E-state index contributed by atoms with van der Waals surface area (Å²) in [6.45, 7) is 8.82. The van der Waals surface area contributed by atoms with E-state index in [2.05, 4.69) is 11.1 Å². The fraction of sp³-hybridized carbons (Fsp3) is 0.579. The summed E-state index contributed by atoms with van der Waals surface area (Å²) in [4.78, 5) is 29.6. The number of likely N-dealkylation sites (tertiary alicyclic amines) is 1. The van der Waals surface area contributed by atoms with Crippen LogP contribution in [0, 0.1) is 19.3 Å². The molecule has 1 aliphatic heterocycles. The molecular weight excluding hydrogens is 304 g/mol. The van der Waals surface area contributed by atoms with E-state index in [9.17, 15) is 14.7 Å². The van der Waals surface area contributed by atoms with E-state index in [0.717, 1.165) is 25.0 Å². The summed E-state index contributed by atoms with van der Waals surface area (Å²) in [5.41, 5.74) is 2.23. The summed E-state index contributed by atoms with van der Waals surface area (Å²) in [6, 6.07) is 1.82. The van der Waals surface area contributed by atoms with E-state index in [1.165, 1.54) is 5.57 Å². The number of carbonyl (C=O) groups is 1. The number of hydrogen-bond donors (Lipinski definition) is 2. The number of aromatic nitrogens is 1. The van der Waals surface area contributed by atoms with Gasteiger partial charge in [0.05, 0.1) is 6.61 Å². The second-order valence-corrected chi connectivity index (χ2v) is 7.31. The maximum absolute atomic E-state index is 12.9. The fourth-order valence-electron chi connectivity index (χ4n) is 3.44. The van der Waals surface area contributed by atoms with Crippen molar-refractivity contribution >= 4 is 5.91 Å². The van der Waals surface area contributed by atoms with Crippen LogP contribution in [0.5, 0.6) is 0 Å². The van der Waals surface area contributed by atoms with Gasteiger partial charge in [0, 0.05) is 24.2 Å².